The van der Waals surface area contributed by atoms with E-state index in [0.717, 1.165) is 76.6 Å². The fraction of sp³-hybridized carbons (Fsp3) is 0.286. The highest BCUT2D eigenvalue weighted by atomic mass is 19.2. The van der Waals surface area contributed by atoms with Crippen molar-refractivity contribution in [2.75, 3.05) is 7.11 Å². The fourth-order valence-corrected chi connectivity index (χ4v) is 7.71. The Morgan fingerprint density at radius 3 is 1.35 bits per heavy atom. The standard InChI is InChI=1S/C29H30F5NO3.C14H15NO2.C13H13NO2/c1-2-3-4-5-6-7-8-13-22(36)35-21(17-18-14-15-19-11-9-10-12-20(19)16-18)29(37)38-28-26(33)24(31)23(30)25(32)27(28)34;1-17-14(16)13(15)9-10-6-7-11-4-2-3-5-12(11)8-10;14-12(13(15)16)8-9-5-6-10-3-1-2-4-11(10)7-9/h9-12,14-16,21H,2-8,13,17H2,1H3,(H,35,36);2-8,13H,9,15H2,1H3;1-7,12H,8,14H2,(H,15,16). The van der Waals surface area contributed by atoms with E-state index in [1.165, 1.54) is 12.5 Å². The van der Waals surface area contributed by atoms with Gasteiger partial charge in [0, 0.05) is 12.8 Å². The number of hydrogen-bond acceptors (Lipinski definition) is 8. The second kappa shape index (κ2) is 27.2. The number of hydrogen-bond donors (Lipinski definition) is 4. The van der Waals surface area contributed by atoms with E-state index in [1.807, 2.05) is 97.1 Å². The maximum Gasteiger partial charge on any atom is 0.334 e. The number of carboxylic acid groups (broad SMARTS) is 1. The molecule has 7 aromatic rings. The molecule has 374 valence electrons. The molecule has 10 nitrogen and oxygen atoms in total. The van der Waals surface area contributed by atoms with Crippen LogP contribution in [0.25, 0.3) is 32.3 Å². The molecule has 1 amide bonds. The lowest BCUT2D eigenvalue weighted by molar-refractivity contribution is -0.142. The number of unbranched alkanes of at least 4 members (excludes halogenated alkanes) is 6. The van der Waals surface area contributed by atoms with Crippen molar-refractivity contribution in [3.8, 4) is 5.75 Å². The molecule has 0 heterocycles. The number of fused-ring (bicyclic) bond motifs is 3. The summed E-state index contributed by atoms with van der Waals surface area (Å²) in [5.74, 6) is -16.3. The molecule has 7 rings (SSSR count). The number of aliphatic carboxylic acids is 1. The van der Waals surface area contributed by atoms with Crippen LogP contribution in [0, 0.1) is 29.1 Å². The molecule has 7 aromatic carbocycles. The number of carboxylic acids is 1. The van der Waals surface area contributed by atoms with Gasteiger partial charge >= 0.3 is 17.9 Å². The molecule has 15 heteroatoms. The fourth-order valence-electron chi connectivity index (χ4n) is 7.71. The van der Waals surface area contributed by atoms with E-state index < -0.39 is 70.8 Å². The summed E-state index contributed by atoms with van der Waals surface area (Å²) in [6.45, 7) is 2.12. The van der Waals surface area contributed by atoms with E-state index >= 15 is 0 Å². The normalized spacial score (nSPS) is 12.2. The molecule has 0 radical (unpaired) electrons. The Bertz CT molecular complexity index is 2900. The quantitative estimate of drug-likeness (QED) is 0.0154. The Balaban J connectivity index is 0.000000232. The van der Waals surface area contributed by atoms with Crippen molar-refractivity contribution in [2.45, 2.75) is 95.7 Å². The van der Waals surface area contributed by atoms with Crippen molar-refractivity contribution in [2.24, 2.45) is 11.5 Å². The molecule has 0 saturated heterocycles. The maximum absolute atomic E-state index is 14.1. The molecule has 0 aliphatic rings. The van der Waals surface area contributed by atoms with Crippen LogP contribution in [0.5, 0.6) is 5.75 Å². The lowest BCUT2D eigenvalue weighted by atomic mass is 10.0. The second-order valence-electron chi connectivity index (χ2n) is 17.0. The Kier molecular flexibility index (Phi) is 21.0. The predicted molar refractivity (Wildman–Crippen MR) is 265 cm³/mol. The van der Waals surface area contributed by atoms with Gasteiger partial charge in [0.1, 0.15) is 18.1 Å². The number of amides is 1. The number of methoxy groups -OCH3 is 1. The highest BCUT2D eigenvalue weighted by Gasteiger charge is 2.31. The lowest BCUT2D eigenvalue weighted by Gasteiger charge is -2.19. The first-order chi connectivity index (χ1) is 34.1. The Morgan fingerprint density at radius 1 is 0.521 bits per heavy atom. The van der Waals surface area contributed by atoms with Crippen LogP contribution >= 0.6 is 0 Å². The first kappa shape index (κ1) is 54.7. The van der Waals surface area contributed by atoms with Gasteiger partial charge in [-0.2, -0.15) is 8.78 Å². The number of esters is 2. The van der Waals surface area contributed by atoms with Crippen LogP contribution in [0.3, 0.4) is 0 Å². The molecule has 0 fully saturated rings. The smallest absolute Gasteiger partial charge is 0.334 e. The number of nitrogens with two attached hydrogens (primary N) is 2. The largest absolute Gasteiger partial charge is 0.480 e. The zero-order chi connectivity index (χ0) is 51.5. The van der Waals surface area contributed by atoms with Gasteiger partial charge in [-0.25, -0.2) is 18.0 Å². The van der Waals surface area contributed by atoms with E-state index in [9.17, 15) is 41.1 Å². The average molecular weight is 980 g/mol. The molecule has 0 aliphatic carbocycles. The zero-order valence-electron chi connectivity index (χ0n) is 39.6. The van der Waals surface area contributed by atoms with Crippen LogP contribution in [0.2, 0.25) is 0 Å². The first-order valence-corrected chi connectivity index (χ1v) is 23.4. The number of rotatable bonds is 19. The first-order valence-electron chi connectivity index (χ1n) is 23.4. The Labute approximate surface area is 409 Å². The van der Waals surface area contributed by atoms with Crippen molar-refractivity contribution in [3.63, 3.8) is 0 Å². The highest BCUT2D eigenvalue weighted by Crippen LogP contribution is 2.30. The van der Waals surface area contributed by atoms with Crippen molar-refractivity contribution in [1.29, 1.82) is 0 Å². The third-order valence-electron chi connectivity index (χ3n) is 11.6. The van der Waals surface area contributed by atoms with Crippen LogP contribution in [0.15, 0.2) is 127 Å². The van der Waals surface area contributed by atoms with E-state index in [4.69, 9.17) is 16.6 Å². The number of nitrogens with one attached hydrogen (secondary N) is 1. The number of carbonyl (C=O) groups excluding carboxylic acids is 3. The van der Waals surface area contributed by atoms with Gasteiger partial charge in [-0.1, -0.05) is 173 Å². The monoisotopic (exact) mass is 979 g/mol. The molecule has 0 aromatic heterocycles. The van der Waals surface area contributed by atoms with Gasteiger partial charge in [0.15, 0.2) is 0 Å². The number of halogens is 5. The summed E-state index contributed by atoms with van der Waals surface area (Å²) in [6.07, 6.45) is 7.68. The van der Waals surface area contributed by atoms with Gasteiger partial charge in [0.2, 0.25) is 40.7 Å². The minimum absolute atomic E-state index is 0.109. The number of carbonyl (C=O) groups is 4. The summed E-state index contributed by atoms with van der Waals surface area (Å²) in [5.41, 5.74) is 13.8. The maximum atomic E-state index is 14.1. The average Bonchev–Trinajstić information content (AvgIpc) is 3.38. The molecular weight excluding hydrogens is 922 g/mol. The minimum atomic E-state index is -2.37. The van der Waals surface area contributed by atoms with E-state index in [2.05, 4.69) is 33.8 Å². The second-order valence-corrected chi connectivity index (χ2v) is 17.0. The lowest BCUT2D eigenvalue weighted by Crippen LogP contribution is -2.44. The molecule has 71 heavy (non-hydrogen) atoms. The summed E-state index contributed by atoms with van der Waals surface area (Å²) in [7, 11) is 1.35. The van der Waals surface area contributed by atoms with Gasteiger partial charge in [-0.3, -0.25) is 14.4 Å². The zero-order valence-corrected chi connectivity index (χ0v) is 39.6. The molecule has 0 aliphatic heterocycles. The van der Waals surface area contributed by atoms with Crippen LogP contribution in [0.4, 0.5) is 22.0 Å². The minimum Gasteiger partial charge on any atom is -0.480 e. The Morgan fingerprint density at radius 2 is 0.915 bits per heavy atom. The van der Waals surface area contributed by atoms with Crippen molar-refractivity contribution < 1.29 is 55.7 Å². The third kappa shape index (κ3) is 16.2. The molecular formula is C56H58F5N3O7. The molecule has 0 spiro atoms. The van der Waals surface area contributed by atoms with Crippen LogP contribution in [0.1, 0.15) is 75.0 Å². The SMILES string of the molecule is CCCCCCCCCC(=O)NC(Cc1ccc2ccccc2c1)C(=O)Oc1c(F)c(F)c(F)c(F)c1F.COC(=O)C(N)Cc1ccc2ccccc2c1.NC(Cc1ccc2ccccc2c1)C(=O)O. The third-order valence-corrected chi connectivity index (χ3v) is 11.6. The molecule has 3 atom stereocenters. The van der Waals surface area contributed by atoms with Crippen LogP contribution < -0.4 is 21.5 Å². The van der Waals surface area contributed by atoms with Gasteiger partial charge in [-0.15, -0.1) is 0 Å². The molecule has 6 N–H and O–H groups in total. The van der Waals surface area contributed by atoms with E-state index in [-0.39, 0.29) is 18.8 Å². The van der Waals surface area contributed by atoms with E-state index in [0.29, 0.717) is 24.8 Å². The van der Waals surface area contributed by atoms with Crippen molar-refractivity contribution in [3.05, 3.63) is 173 Å². The topological polar surface area (TPSA) is 171 Å². The van der Waals surface area contributed by atoms with E-state index in [1.54, 1.807) is 18.2 Å². The van der Waals surface area contributed by atoms with Crippen LogP contribution in [-0.4, -0.2) is 54.2 Å². The number of ether oxygens (including phenoxy) is 2. The molecule has 3 unspecified atom stereocenters. The predicted octanol–water partition coefficient (Wildman–Crippen LogP) is 11.0. The van der Waals surface area contributed by atoms with Crippen LogP contribution in [-0.2, 0) is 43.2 Å². The number of benzene rings is 7. The molecule has 0 bridgehead atoms. The molecule has 0 saturated carbocycles. The van der Waals surface area contributed by atoms with Gasteiger partial charge < -0.3 is 31.4 Å². The van der Waals surface area contributed by atoms with Gasteiger partial charge in [0.05, 0.1) is 7.11 Å². The highest BCUT2D eigenvalue weighted by molar-refractivity contribution is 5.87. The summed E-state index contributed by atoms with van der Waals surface area (Å²) in [4.78, 5) is 47.4. The van der Waals surface area contributed by atoms with Crippen molar-refractivity contribution >= 4 is 56.1 Å². The summed E-state index contributed by atoms with van der Waals surface area (Å²) in [5, 5.41) is 17.6. The van der Waals surface area contributed by atoms with Crippen molar-refractivity contribution in [1.82, 2.24) is 5.32 Å². The summed E-state index contributed by atoms with van der Waals surface area (Å²) < 4.78 is 78.1. The Hall–Kier alpha value is -7.23. The van der Waals surface area contributed by atoms with Gasteiger partial charge in [-0.05, 0) is 68.3 Å². The summed E-state index contributed by atoms with van der Waals surface area (Å²) in [6, 6.07) is 37.9. The van der Waals surface area contributed by atoms with Gasteiger partial charge in [0.25, 0.3) is 0 Å². The summed E-state index contributed by atoms with van der Waals surface area (Å²) >= 11 is 0.